The first-order valence-electron chi connectivity index (χ1n) is 6.41. The molecule has 0 aliphatic rings. The highest BCUT2D eigenvalue weighted by Crippen LogP contribution is 2.27. The Kier molecular flexibility index (Phi) is 5.16. The number of aryl methyl sites for hydroxylation is 2. The minimum absolute atomic E-state index is 0.281. The molecule has 0 aliphatic carbocycles. The van der Waals surface area contributed by atoms with Crippen LogP contribution in [0, 0.1) is 13.8 Å². The maximum atomic E-state index is 5.86. The molecule has 0 heterocycles. The Morgan fingerprint density at radius 2 is 1.82 bits per heavy atom. The average molecular weight is 234 g/mol. The summed E-state index contributed by atoms with van der Waals surface area (Å²) in [4.78, 5) is 2.29. The normalized spacial score (nSPS) is 15.0. The summed E-state index contributed by atoms with van der Waals surface area (Å²) in [6, 6.07) is 7.48. The molecular weight excluding hydrogens is 208 g/mol. The van der Waals surface area contributed by atoms with Gasteiger partial charge in [0.2, 0.25) is 0 Å². The highest BCUT2D eigenvalue weighted by Gasteiger charge is 2.16. The van der Waals surface area contributed by atoms with Crippen LogP contribution in [0.25, 0.3) is 0 Å². The smallest absolute Gasteiger partial charge is 0.0345 e. The van der Waals surface area contributed by atoms with Crippen LogP contribution < -0.4 is 5.73 Å². The van der Waals surface area contributed by atoms with Crippen LogP contribution in [0.1, 0.15) is 42.5 Å². The molecule has 0 saturated heterocycles. The van der Waals surface area contributed by atoms with Gasteiger partial charge in [-0.2, -0.15) is 0 Å². The maximum absolute atomic E-state index is 5.86. The van der Waals surface area contributed by atoms with Crippen LogP contribution in [0.2, 0.25) is 0 Å². The third-order valence-corrected chi connectivity index (χ3v) is 3.30. The Morgan fingerprint density at radius 1 is 1.18 bits per heavy atom. The van der Waals surface area contributed by atoms with Gasteiger partial charge >= 0.3 is 0 Å². The van der Waals surface area contributed by atoms with Gasteiger partial charge in [0.15, 0.2) is 0 Å². The lowest BCUT2D eigenvalue weighted by atomic mass is 9.94. The van der Waals surface area contributed by atoms with Crippen LogP contribution in [-0.4, -0.2) is 25.0 Å². The molecule has 2 unspecified atom stereocenters. The highest BCUT2D eigenvalue weighted by atomic mass is 15.1. The second kappa shape index (κ2) is 6.18. The van der Waals surface area contributed by atoms with Gasteiger partial charge in [-0.1, -0.05) is 23.8 Å². The van der Waals surface area contributed by atoms with E-state index >= 15 is 0 Å². The molecule has 0 bridgehead atoms. The third-order valence-electron chi connectivity index (χ3n) is 3.30. The SMILES string of the molecule is Cc1ccc(C(CCC(C)N)N(C)C)c(C)c1. The van der Waals surface area contributed by atoms with E-state index in [2.05, 4.69) is 58.0 Å². The lowest BCUT2D eigenvalue weighted by molar-refractivity contribution is 0.274. The van der Waals surface area contributed by atoms with Crippen LogP contribution in [0.5, 0.6) is 0 Å². The first-order valence-corrected chi connectivity index (χ1v) is 6.41. The van der Waals surface area contributed by atoms with Crippen molar-refractivity contribution in [3.05, 3.63) is 34.9 Å². The number of hydrogen-bond donors (Lipinski definition) is 1. The molecule has 0 aromatic heterocycles. The zero-order valence-electron chi connectivity index (χ0n) is 11.8. The summed E-state index contributed by atoms with van der Waals surface area (Å²) in [6.07, 6.45) is 2.19. The minimum Gasteiger partial charge on any atom is -0.328 e. The summed E-state index contributed by atoms with van der Waals surface area (Å²) in [5.74, 6) is 0. The summed E-state index contributed by atoms with van der Waals surface area (Å²) < 4.78 is 0. The summed E-state index contributed by atoms with van der Waals surface area (Å²) in [7, 11) is 4.29. The minimum atomic E-state index is 0.281. The number of hydrogen-bond acceptors (Lipinski definition) is 2. The summed E-state index contributed by atoms with van der Waals surface area (Å²) in [5, 5.41) is 0. The third kappa shape index (κ3) is 4.14. The molecule has 96 valence electrons. The molecule has 0 aliphatic heterocycles. The van der Waals surface area contributed by atoms with E-state index in [0.717, 1.165) is 12.8 Å². The van der Waals surface area contributed by atoms with Crippen LogP contribution in [0.4, 0.5) is 0 Å². The van der Waals surface area contributed by atoms with Gasteiger partial charge in [0.1, 0.15) is 0 Å². The topological polar surface area (TPSA) is 29.3 Å². The summed E-state index contributed by atoms with van der Waals surface area (Å²) in [5.41, 5.74) is 10.0. The molecule has 0 amide bonds. The van der Waals surface area contributed by atoms with Crippen LogP contribution in [0.3, 0.4) is 0 Å². The molecule has 1 rings (SSSR count). The molecule has 0 saturated carbocycles. The van der Waals surface area contributed by atoms with E-state index < -0.39 is 0 Å². The Morgan fingerprint density at radius 3 is 2.29 bits per heavy atom. The fraction of sp³-hybridized carbons (Fsp3) is 0.600. The number of nitrogens with zero attached hydrogens (tertiary/aromatic N) is 1. The molecule has 0 fully saturated rings. The van der Waals surface area contributed by atoms with E-state index in [0.29, 0.717) is 6.04 Å². The first kappa shape index (κ1) is 14.2. The molecule has 1 aromatic rings. The van der Waals surface area contributed by atoms with Crippen molar-refractivity contribution in [2.75, 3.05) is 14.1 Å². The zero-order chi connectivity index (χ0) is 13.0. The highest BCUT2D eigenvalue weighted by molar-refractivity contribution is 5.32. The summed E-state index contributed by atoms with van der Waals surface area (Å²) >= 11 is 0. The van der Waals surface area contributed by atoms with Crippen molar-refractivity contribution >= 4 is 0 Å². The van der Waals surface area contributed by atoms with Gasteiger partial charge in [0.25, 0.3) is 0 Å². The Hall–Kier alpha value is -0.860. The molecule has 2 heteroatoms. The largest absolute Gasteiger partial charge is 0.328 e. The monoisotopic (exact) mass is 234 g/mol. The fourth-order valence-electron chi connectivity index (χ4n) is 2.31. The average Bonchev–Trinajstić information content (AvgIpc) is 2.20. The molecule has 0 radical (unpaired) electrons. The zero-order valence-corrected chi connectivity index (χ0v) is 11.8. The quantitative estimate of drug-likeness (QED) is 0.848. The van der Waals surface area contributed by atoms with E-state index in [4.69, 9.17) is 5.73 Å². The van der Waals surface area contributed by atoms with Gasteiger partial charge in [-0.05, 0) is 58.8 Å². The second-order valence-electron chi connectivity index (χ2n) is 5.39. The van der Waals surface area contributed by atoms with Gasteiger partial charge in [0.05, 0.1) is 0 Å². The number of nitrogens with two attached hydrogens (primary N) is 1. The molecule has 2 N–H and O–H groups in total. The second-order valence-corrected chi connectivity index (χ2v) is 5.39. The van der Waals surface area contributed by atoms with Gasteiger partial charge < -0.3 is 10.6 Å². The van der Waals surface area contributed by atoms with E-state index in [-0.39, 0.29) is 6.04 Å². The lowest BCUT2D eigenvalue weighted by Gasteiger charge is -2.27. The standard InChI is InChI=1S/C15H26N2/c1-11-6-8-14(12(2)10-11)15(17(4)5)9-7-13(3)16/h6,8,10,13,15H,7,9,16H2,1-5H3. The van der Waals surface area contributed by atoms with Crippen molar-refractivity contribution in [2.24, 2.45) is 5.73 Å². The molecular formula is C15H26N2. The van der Waals surface area contributed by atoms with E-state index in [9.17, 15) is 0 Å². The molecule has 0 spiro atoms. The van der Waals surface area contributed by atoms with Gasteiger partial charge in [-0.25, -0.2) is 0 Å². The Balaban J connectivity index is 2.89. The number of benzene rings is 1. The molecule has 1 aromatic carbocycles. The van der Waals surface area contributed by atoms with Gasteiger partial charge in [-0.3, -0.25) is 0 Å². The van der Waals surface area contributed by atoms with Crippen LogP contribution in [-0.2, 0) is 0 Å². The van der Waals surface area contributed by atoms with E-state index in [1.165, 1.54) is 16.7 Å². The molecule has 17 heavy (non-hydrogen) atoms. The molecule has 2 nitrogen and oxygen atoms in total. The van der Waals surface area contributed by atoms with Crippen LogP contribution >= 0.6 is 0 Å². The van der Waals surface area contributed by atoms with Gasteiger partial charge in [0, 0.05) is 12.1 Å². The predicted octanol–water partition coefficient (Wildman–Crippen LogP) is 3.03. The predicted molar refractivity (Wildman–Crippen MR) is 75.2 cm³/mol. The van der Waals surface area contributed by atoms with Crippen molar-refractivity contribution in [1.82, 2.24) is 4.90 Å². The van der Waals surface area contributed by atoms with Crippen molar-refractivity contribution in [2.45, 2.75) is 45.7 Å². The van der Waals surface area contributed by atoms with Crippen molar-refractivity contribution < 1.29 is 0 Å². The van der Waals surface area contributed by atoms with E-state index in [1.807, 2.05) is 0 Å². The van der Waals surface area contributed by atoms with E-state index in [1.54, 1.807) is 0 Å². The summed E-state index contributed by atoms with van der Waals surface area (Å²) in [6.45, 7) is 6.42. The Bertz CT molecular complexity index is 356. The molecule has 2 atom stereocenters. The van der Waals surface area contributed by atoms with Gasteiger partial charge in [-0.15, -0.1) is 0 Å². The van der Waals surface area contributed by atoms with Crippen molar-refractivity contribution in [1.29, 1.82) is 0 Å². The maximum Gasteiger partial charge on any atom is 0.0345 e. The van der Waals surface area contributed by atoms with Crippen LogP contribution in [0.15, 0.2) is 18.2 Å². The first-order chi connectivity index (χ1) is 7.91. The van der Waals surface area contributed by atoms with Crippen molar-refractivity contribution in [3.63, 3.8) is 0 Å². The Labute approximate surface area is 106 Å². The fourth-order valence-corrected chi connectivity index (χ4v) is 2.31. The lowest BCUT2D eigenvalue weighted by Crippen LogP contribution is -2.24. The number of rotatable bonds is 5. The van der Waals surface area contributed by atoms with Crippen molar-refractivity contribution in [3.8, 4) is 0 Å².